The number of benzene rings is 1. The van der Waals surface area contributed by atoms with E-state index in [1.54, 1.807) is 6.07 Å². The standard InChI is InChI=1S/C14H13FN2O/c1-2-12-4-5-13(18-12)9-17-14-6-3-11(15)7-10(14)8-16/h3-7,17H,2,9H2,1H3. The molecule has 2 aromatic rings. The molecule has 18 heavy (non-hydrogen) atoms. The highest BCUT2D eigenvalue weighted by Crippen LogP contribution is 2.17. The van der Waals surface area contributed by atoms with Gasteiger partial charge in [-0.2, -0.15) is 5.26 Å². The Hall–Kier alpha value is -2.28. The van der Waals surface area contributed by atoms with Crippen molar-refractivity contribution in [1.82, 2.24) is 0 Å². The monoisotopic (exact) mass is 244 g/mol. The zero-order valence-corrected chi connectivity index (χ0v) is 10.0. The van der Waals surface area contributed by atoms with Gasteiger partial charge in [0.15, 0.2) is 0 Å². The molecule has 0 atom stereocenters. The molecule has 92 valence electrons. The fourth-order valence-corrected chi connectivity index (χ4v) is 1.65. The van der Waals surface area contributed by atoms with Crippen LogP contribution in [0.25, 0.3) is 0 Å². The normalized spacial score (nSPS) is 10.1. The summed E-state index contributed by atoms with van der Waals surface area (Å²) in [6.45, 7) is 2.49. The molecule has 1 N–H and O–H groups in total. The predicted octanol–water partition coefficient (Wildman–Crippen LogP) is 3.46. The number of hydrogen-bond donors (Lipinski definition) is 1. The Balaban J connectivity index is 2.08. The third-order valence-electron chi connectivity index (χ3n) is 2.62. The summed E-state index contributed by atoms with van der Waals surface area (Å²) < 4.78 is 18.5. The van der Waals surface area contributed by atoms with E-state index < -0.39 is 5.82 Å². The van der Waals surface area contributed by atoms with E-state index in [0.29, 0.717) is 12.2 Å². The molecule has 0 unspecified atom stereocenters. The fraction of sp³-hybridized carbons (Fsp3) is 0.214. The lowest BCUT2D eigenvalue weighted by atomic mass is 10.2. The second-order valence-corrected chi connectivity index (χ2v) is 3.88. The summed E-state index contributed by atoms with van der Waals surface area (Å²) in [6, 6.07) is 9.86. The van der Waals surface area contributed by atoms with Gasteiger partial charge in [0, 0.05) is 6.42 Å². The van der Waals surface area contributed by atoms with Gasteiger partial charge in [-0.05, 0) is 30.3 Å². The lowest BCUT2D eigenvalue weighted by Gasteiger charge is -2.06. The fourth-order valence-electron chi connectivity index (χ4n) is 1.65. The molecule has 0 bridgehead atoms. The molecule has 1 aromatic carbocycles. The summed E-state index contributed by atoms with van der Waals surface area (Å²) in [5.41, 5.74) is 0.894. The van der Waals surface area contributed by atoms with Gasteiger partial charge in [0.05, 0.1) is 17.8 Å². The number of halogens is 1. The SMILES string of the molecule is CCc1ccc(CNc2ccc(F)cc2C#N)o1. The lowest BCUT2D eigenvalue weighted by Crippen LogP contribution is -2.00. The van der Waals surface area contributed by atoms with Gasteiger partial charge < -0.3 is 9.73 Å². The van der Waals surface area contributed by atoms with Crippen molar-refractivity contribution >= 4 is 5.69 Å². The highest BCUT2D eigenvalue weighted by Gasteiger charge is 2.05. The Labute approximate surface area is 105 Å². The maximum absolute atomic E-state index is 12.9. The van der Waals surface area contributed by atoms with Gasteiger partial charge in [0.1, 0.15) is 23.4 Å². The van der Waals surface area contributed by atoms with Crippen molar-refractivity contribution in [2.24, 2.45) is 0 Å². The molecular formula is C14H13FN2O. The molecule has 0 aliphatic carbocycles. The van der Waals surface area contributed by atoms with Gasteiger partial charge in [0.2, 0.25) is 0 Å². The van der Waals surface area contributed by atoms with Crippen LogP contribution < -0.4 is 5.32 Å². The van der Waals surface area contributed by atoms with Crippen LogP contribution in [0, 0.1) is 17.1 Å². The van der Waals surface area contributed by atoms with Crippen molar-refractivity contribution in [2.75, 3.05) is 5.32 Å². The molecule has 0 saturated carbocycles. The Morgan fingerprint density at radius 3 is 2.72 bits per heavy atom. The van der Waals surface area contributed by atoms with Crippen molar-refractivity contribution < 1.29 is 8.81 Å². The third kappa shape index (κ3) is 2.69. The van der Waals surface area contributed by atoms with Crippen molar-refractivity contribution in [3.05, 3.63) is 53.2 Å². The molecule has 1 heterocycles. The van der Waals surface area contributed by atoms with E-state index in [0.717, 1.165) is 17.9 Å². The van der Waals surface area contributed by atoms with Crippen molar-refractivity contribution in [3.8, 4) is 6.07 Å². The van der Waals surface area contributed by atoms with Gasteiger partial charge in [-0.15, -0.1) is 0 Å². The molecule has 0 spiro atoms. The maximum atomic E-state index is 12.9. The van der Waals surface area contributed by atoms with Crippen molar-refractivity contribution in [2.45, 2.75) is 19.9 Å². The van der Waals surface area contributed by atoms with Crippen molar-refractivity contribution in [3.63, 3.8) is 0 Å². The second-order valence-electron chi connectivity index (χ2n) is 3.88. The predicted molar refractivity (Wildman–Crippen MR) is 66.5 cm³/mol. The molecule has 0 fully saturated rings. The molecule has 0 aliphatic heterocycles. The number of nitriles is 1. The van der Waals surface area contributed by atoms with Crippen LogP contribution in [-0.4, -0.2) is 0 Å². The van der Waals surface area contributed by atoms with Gasteiger partial charge in [-0.3, -0.25) is 0 Å². The number of hydrogen-bond acceptors (Lipinski definition) is 3. The first kappa shape index (κ1) is 12.2. The molecule has 0 saturated heterocycles. The highest BCUT2D eigenvalue weighted by atomic mass is 19.1. The summed E-state index contributed by atoms with van der Waals surface area (Å²) >= 11 is 0. The zero-order chi connectivity index (χ0) is 13.0. The highest BCUT2D eigenvalue weighted by molar-refractivity contribution is 5.57. The summed E-state index contributed by atoms with van der Waals surface area (Å²) in [6.07, 6.45) is 0.847. The van der Waals surface area contributed by atoms with E-state index in [9.17, 15) is 4.39 Å². The third-order valence-corrected chi connectivity index (χ3v) is 2.62. The van der Waals surface area contributed by atoms with Crippen LogP contribution in [0.1, 0.15) is 24.0 Å². The van der Waals surface area contributed by atoms with E-state index in [-0.39, 0.29) is 5.56 Å². The summed E-state index contributed by atoms with van der Waals surface area (Å²) in [4.78, 5) is 0. The number of nitrogens with one attached hydrogen (secondary N) is 1. The van der Waals surface area contributed by atoms with Crippen LogP contribution in [-0.2, 0) is 13.0 Å². The number of nitrogens with zero attached hydrogens (tertiary/aromatic N) is 1. The Morgan fingerprint density at radius 2 is 2.06 bits per heavy atom. The lowest BCUT2D eigenvalue weighted by molar-refractivity contribution is 0.476. The molecule has 4 heteroatoms. The molecule has 0 amide bonds. The van der Waals surface area contributed by atoms with Gasteiger partial charge in [-0.25, -0.2) is 4.39 Å². The summed E-state index contributed by atoms with van der Waals surface area (Å²) in [5, 5.41) is 12.0. The number of rotatable bonds is 4. The Morgan fingerprint density at radius 1 is 1.28 bits per heavy atom. The smallest absolute Gasteiger partial charge is 0.124 e. The molecule has 0 radical (unpaired) electrons. The minimum absolute atomic E-state index is 0.289. The largest absolute Gasteiger partial charge is 0.464 e. The molecular weight excluding hydrogens is 231 g/mol. The molecule has 2 rings (SSSR count). The van der Waals surface area contributed by atoms with Crippen LogP contribution >= 0.6 is 0 Å². The molecule has 1 aromatic heterocycles. The number of anilines is 1. The zero-order valence-electron chi connectivity index (χ0n) is 10.0. The average Bonchev–Trinajstić information content (AvgIpc) is 2.85. The van der Waals surface area contributed by atoms with E-state index in [2.05, 4.69) is 5.32 Å². The molecule has 0 aliphatic rings. The number of furan rings is 1. The van der Waals surface area contributed by atoms with Gasteiger partial charge in [0.25, 0.3) is 0 Å². The van der Waals surface area contributed by atoms with Crippen LogP contribution in [0.15, 0.2) is 34.7 Å². The van der Waals surface area contributed by atoms with Crippen LogP contribution in [0.2, 0.25) is 0 Å². The quantitative estimate of drug-likeness (QED) is 0.895. The Kier molecular flexibility index (Phi) is 3.63. The van der Waals surface area contributed by atoms with Crippen LogP contribution in [0.5, 0.6) is 0 Å². The second kappa shape index (κ2) is 5.37. The van der Waals surface area contributed by atoms with Crippen molar-refractivity contribution in [1.29, 1.82) is 5.26 Å². The summed E-state index contributed by atoms with van der Waals surface area (Å²) in [7, 11) is 0. The first-order chi connectivity index (χ1) is 8.72. The minimum atomic E-state index is -0.414. The van der Waals surface area contributed by atoms with Gasteiger partial charge in [-0.1, -0.05) is 6.92 Å². The average molecular weight is 244 g/mol. The molecule has 3 nitrogen and oxygen atoms in total. The Bertz CT molecular complexity index is 584. The van der Waals surface area contributed by atoms with E-state index >= 15 is 0 Å². The first-order valence-electron chi connectivity index (χ1n) is 5.74. The minimum Gasteiger partial charge on any atom is -0.464 e. The summed E-state index contributed by atoms with van der Waals surface area (Å²) in [5.74, 6) is 1.30. The van der Waals surface area contributed by atoms with Crippen LogP contribution in [0.3, 0.4) is 0 Å². The van der Waals surface area contributed by atoms with Gasteiger partial charge >= 0.3 is 0 Å². The maximum Gasteiger partial charge on any atom is 0.124 e. The first-order valence-corrected chi connectivity index (χ1v) is 5.74. The van der Waals surface area contributed by atoms with E-state index in [4.69, 9.17) is 9.68 Å². The van der Waals surface area contributed by atoms with E-state index in [1.807, 2.05) is 25.1 Å². The van der Waals surface area contributed by atoms with E-state index in [1.165, 1.54) is 12.1 Å². The number of aryl methyl sites for hydroxylation is 1. The van der Waals surface area contributed by atoms with Crippen LogP contribution in [0.4, 0.5) is 10.1 Å². The topological polar surface area (TPSA) is 49.0 Å².